The third-order valence-electron chi connectivity index (χ3n) is 4.08. The molecule has 0 aromatic carbocycles. The molecule has 1 aliphatic rings. The maximum atomic E-state index is 6.03. The molecule has 0 bridgehead atoms. The van der Waals surface area contributed by atoms with Gasteiger partial charge in [-0.05, 0) is 32.6 Å². The average Bonchev–Trinajstić information content (AvgIpc) is 2.78. The number of nitrogens with zero attached hydrogens (tertiary/aromatic N) is 4. The number of aromatic nitrogens is 3. The Morgan fingerprint density at radius 3 is 2.58 bits per heavy atom. The van der Waals surface area contributed by atoms with Crippen molar-refractivity contribution in [1.82, 2.24) is 14.8 Å². The number of anilines is 1. The molecule has 138 valence electrons. The van der Waals surface area contributed by atoms with E-state index < -0.39 is 0 Å². The molecule has 6 heteroatoms. The second-order valence-electron chi connectivity index (χ2n) is 8.72. The van der Waals surface area contributed by atoms with E-state index in [4.69, 9.17) is 9.47 Å². The van der Waals surface area contributed by atoms with Crippen LogP contribution in [0.2, 0.25) is 0 Å². The lowest BCUT2D eigenvalue weighted by atomic mass is 9.92. The fraction of sp³-hybridized carbons (Fsp3) is 0.889. The summed E-state index contributed by atoms with van der Waals surface area (Å²) in [6.45, 7) is 16.4. The molecule has 1 aromatic rings. The lowest BCUT2D eigenvalue weighted by Gasteiger charge is -2.42. The molecule has 0 aliphatic carbocycles. The molecule has 0 spiro atoms. The van der Waals surface area contributed by atoms with Crippen molar-refractivity contribution >= 4 is 5.95 Å². The van der Waals surface area contributed by atoms with Gasteiger partial charge < -0.3 is 14.4 Å². The van der Waals surface area contributed by atoms with Gasteiger partial charge in [0, 0.05) is 39.8 Å². The molecule has 1 fully saturated rings. The van der Waals surface area contributed by atoms with Crippen molar-refractivity contribution in [2.24, 2.45) is 5.41 Å². The van der Waals surface area contributed by atoms with Gasteiger partial charge in [0.25, 0.3) is 0 Å². The van der Waals surface area contributed by atoms with E-state index in [1.165, 1.54) is 0 Å². The van der Waals surface area contributed by atoms with Crippen LogP contribution < -0.4 is 4.90 Å². The van der Waals surface area contributed by atoms with Crippen molar-refractivity contribution in [3.8, 4) is 0 Å². The second-order valence-corrected chi connectivity index (χ2v) is 8.72. The molecule has 2 heterocycles. The van der Waals surface area contributed by atoms with Gasteiger partial charge >= 0.3 is 0 Å². The molecule has 0 N–H and O–H groups in total. The highest BCUT2D eigenvalue weighted by molar-refractivity contribution is 5.33. The summed E-state index contributed by atoms with van der Waals surface area (Å²) < 4.78 is 13.5. The Balaban J connectivity index is 2.27. The van der Waals surface area contributed by atoms with Crippen LogP contribution in [-0.4, -0.2) is 53.3 Å². The molecule has 6 nitrogen and oxygen atoms in total. The van der Waals surface area contributed by atoms with E-state index in [0.717, 1.165) is 50.9 Å². The number of morpholine rings is 1. The summed E-state index contributed by atoms with van der Waals surface area (Å²) in [4.78, 5) is 2.32. The molecule has 0 amide bonds. The first kappa shape index (κ1) is 19.2. The molecule has 0 unspecified atom stereocenters. The largest absolute Gasteiger partial charge is 0.385 e. The molecule has 1 atom stereocenters. The fourth-order valence-electron chi connectivity index (χ4n) is 3.37. The quantitative estimate of drug-likeness (QED) is 0.747. The van der Waals surface area contributed by atoms with Crippen LogP contribution in [0.25, 0.3) is 0 Å². The summed E-state index contributed by atoms with van der Waals surface area (Å²) in [6.07, 6.45) is 2.06. The minimum atomic E-state index is -0.175. The summed E-state index contributed by atoms with van der Waals surface area (Å²) in [5.74, 6) is 2.03. The Labute approximate surface area is 146 Å². The highest BCUT2D eigenvalue weighted by Gasteiger charge is 2.34. The molecule has 1 aliphatic heterocycles. The Bertz CT molecular complexity index is 534. The number of hydrogen-bond donors (Lipinski definition) is 0. The summed E-state index contributed by atoms with van der Waals surface area (Å²) >= 11 is 0. The summed E-state index contributed by atoms with van der Waals surface area (Å²) in [7, 11) is 1.75. The minimum Gasteiger partial charge on any atom is -0.385 e. The van der Waals surface area contributed by atoms with Crippen LogP contribution in [-0.2, 0) is 22.4 Å². The fourth-order valence-corrected chi connectivity index (χ4v) is 3.37. The van der Waals surface area contributed by atoms with Gasteiger partial charge in [-0.1, -0.05) is 20.8 Å². The third-order valence-corrected chi connectivity index (χ3v) is 4.08. The Kier molecular flexibility index (Phi) is 5.91. The van der Waals surface area contributed by atoms with E-state index in [0.29, 0.717) is 0 Å². The maximum Gasteiger partial charge on any atom is 0.227 e. The molecule has 1 saturated heterocycles. The van der Waals surface area contributed by atoms with Gasteiger partial charge in [0.1, 0.15) is 5.82 Å². The molecule has 0 saturated carbocycles. The zero-order valence-electron chi connectivity index (χ0n) is 16.4. The average molecular weight is 338 g/mol. The zero-order chi connectivity index (χ0) is 18.0. The predicted molar refractivity (Wildman–Crippen MR) is 96.5 cm³/mol. The smallest absolute Gasteiger partial charge is 0.227 e. The van der Waals surface area contributed by atoms with Crippen molar-refractivity contribution in [3.05, 3.63) is 5.82 Å². The number of ether oxygens (including phenoxy) is 2. The maximum absolute atomic E-state index is 6.03. The van der Waals surface area contributed by atoms with Crippen LogP contribution >= 0.6 is 0 Å². The molecular weight excluding hydrogens is 304 g/mol. The zero-order valence-corrected chi connectivity index (χ0v) is 16.4. The monoisotopic (exact) mass is 338 g/mol. The SMILES string of the molecule is COCCCn1c(CC(C)(C)C)nnc1N1C[C@@H](C)OC(C)(C)C1. The first-order chi connectivity index (χ1) is 11.1. The summed E-state index contributed by atoms with van der Waals surface area (Å²) in [5.41, 5.74) is 0.00600. The number of hydrogen-bond acceptors (Lipinski definition) is 5. The van der Waals surface area contributed by atoms with Gasteiger partial charge in [0.05, 0.1) is 11.7 Å². The van der Waals surface area contributed by atoms with Crippen molar-refractivity contribution in [3.63, 3.8) is 0 Å². The van der Waals surface area contributed by atoms with E-state index >= 15 is 0 Å². The van der Waals surface area contributed by atoms with E-state index in [-0.39, 0.29) is 17.1 Å². The Hall–Kier alpha value is -1.14. The lowest BCUT2D eigenvalue weighted by molar-refractivity contribution is -0.0755. The van der Waals surface area contributed by atoms with Gasteiger partial charge in [0.2, 0.25) is 5.95 Å². The number of methoxy groups -OCH3 is 1. The van der Waals surface area contributed by atoms with Crippen LogP contribution in [0.1, 0.15) is 53.8 Å². The van der Waals surface area contributed by atoms with Crippen LogP contribution in [0.4, 0.5) is 5.95 Å². The van der Waals surface area contributed by atoms with Gasteiger partial charge in [0.15, 0.2) is 0 Å². The molecule has 0 radical (unpaired) electrons. The van der Waals surface area contributed by atoms with Gasteiger partial charge in [-0.3, -0.25) is 4.57 Å². The van der Waals surface area contributed by atoms with Crippen molar-refractivity contribution < 1.29 is 9.47 Å². The first-order valence-electron chi connectivity index (χ1n) is 8.95. The van der Waals surface area contributed by atoms with Crippen LogP contribution in [0, 0.1) is 5.41 Å². The Morgan fingerprint density at radius 2 is 2.00 bits per heavy atom. The normalized spacial score (nSPS) is 21.3. The van der Waals surface area contributed by atoms with E-state index in [1.807, 2.05) is 0 Å². The van der Waals surface area contributed by atoms with Crippen molar-refractivity contribution in [2.45, 2.75) is 72.6 Å². The van der Waals surface area contributed by atoms with Crippen LogP contribution in [0.3, 0.4) is 0 Å². The third kappa shape index (κ3) is 5.18. The van der Waals surface area contributed by atoms with E-state index in [9.17, 15) is 0 Å². The summed E-state index contributed by atoms with van der Waals surface area (Å²) in [5, 5.41) is 9.06. The minimum absolute atomic E-state index is 0.175. The predicted octanol–water partition coefficient (Wildman–Crippen LogP) is 2.91. The van der Waals surface area contributed by atoms with Gasteiger partial charge in [-0.25, -0.2) is 0 Å². The van der Waals surface area contributed by atoms with E-state index in [2.05, 4.69) is 61.2 Å². The Morgan fingerprint density at radius 1 is 1.29 bits per heavy atom. The molecular formula is C18H34N4O2. The second kappa shape index (κ2) is 7.40. The topological polar surface area (TPSA) is 52.4 Å². The van der Waals surface area contributed by atoms with Gasteiger partial charge in [-0.15, -0.1) is 10.2 Å². The van der Waals surface area contributed by atoms with Crippen LogP contribution in [0.15, 0.2) is 0 Å². The highest BCUT2D eigenvalue weighted by atomic mass is 16.5. The standard InChI is InChI=1S/C18H34N4O2/c1-14-12-21(13-18(5,6)24-14)16-20-19-15(11-17(2,3)4)22(16)9-8-10-23-7/h14H,8-13H2,1-7H3/t14-/m1/s1. The van der Waals surface area contributed by atoms with Crippen molar-refractivity contribution in [2.75, 3.05) is 31.7 Å². The molecule has 24 heavy (non-hydrogen) atoms. The van der Waals surface area contributed by atoms with Gasteiger partial charge in [-0.2, -0.15) is 0 Å². The molecule has 1 aromatic heterocycles. The first-order valence-corrected chi connectivity index (χ1v) is 8.95. The summed E-state index contributed by atoms with van der Waals surface area (Å²) in [6, 6.07) is 0. The highest BCUT2D eigenvalue weighted by Crippen LogP contribution is 2.27. The van der Waals surface area contributed by atoms with Crippen LogP contribution in [0.5, 0.6) is 0 Å². The lowest BCUT2D eigenvalue weighted by Crippen LogP contribution is -2.52. The molecule has 2 rings (SSSR count). The van der Waals surface area contributed by atoms with E-state index in [1.54, 1.807) is 7.11 Å². The number of rotatable bonds is 6. The van der Waals surface area contributed by atoms with Crippen molar-refractivity contribution in [1.29, 1.82) is 0 Å².